The molecule has 1 atom stereocenters. The van der Waals surface area contributed by atoms with Crippen LogP contribution in [0.2, 0.25) is 0 Å². The highest BCUT2D eigenvalue weighted by Gasteiger charge is 2.25. The van der Waals surface area contributed by atoms with E-state index in [2.05, 4.69) is 60.6 Å². The normalized spacial score (nSPS) is 15.5. The molecule has 0 amide bonds. The third kappa shape index (κ3) is 3.71. The van der Waals surface area contributed by atoms with Gasteiger partial charge in [-0.05, 0) is 63.5 Å². The van der Waals surface area contributed by atoms with Crippen molar-refractivity contribution < 1.29 is 4.39 Å². The highest BCUT2D eigenvalue weighted by molar-refractivity contribution is 5.86. The van der Waals surface area contributed by atoms with Crippen LogP contribution < -0.4 is 0 Å². The zero-order valence-corrected chi connectivity index (χ0v) is 16.7. The zero-order chi connectivity index (χ0) is 19.1. The number of hydrogen-bond donors (Lipinski definition) is 0. The predicted molar refractivity (Wildman–Crippen MR) is 116 cm³/mol. The van der Waals surface area contributed by atoms with Crippen molar-refractivity contribution in [3.05, 3.63) is 70.7 Å². The Labute approximate surface area is 168 Å². The van der Waals surface area contributed by atoms with Gasteiger partial charge in [-0.1, -0.05) is 31.2 Å². The standard InChI is InChI=1S/C23H28FN3.CH4/c1-16-5-10-21-19(13-16)20-14-26(4)12-11-22(20)27(21)15-23(25(2)3)17-6-8-18(24)9-7-17;/h5-10,13,23H,11-12,14-15H2,1-4H3;1H4. The van der Waals surface area contributed by atoms with Gasteiger partial charge in [0.1, 0.15) is 5.82 Å². The fourth-order valence-corrected chi connectivity index (χ4v) is 4.33. The van der Waals surface area contributed by atoms with E-state index in [9.17, 15) is 4.39 Å². The van der Waals surface area contributed by atoms with Gasteiger partial charge in [0, 0.05) is 42.7 Å². The number of hydrogen-bond acceptors (Lipinski definition) is 2. The first-order valence-electron chi connectivity index (χ1n) is 9.65. The molecule has 1 unspecified atom stereocenters. The Kier molecular flexibility index (Phi) is 5.92. The van der Waals surface area contributed by atoms with Crippen LogP contribution in [0.4, 0.5) is 4.39 Å². The van der Waals surface area contributed by atoms with E-state index in [1.54, 1.807) is 12.1 Å². The van der Waals surface area contributed by atoms with Gasteiger partial charge in [-0.25, -0.2) is 4.39 Å². The molecule has 0 fully saturated rings. The number of benzene rings is 2. The van der Waals surface area contributed by atoms with Gasteiger partial charge in [0.15, 0.2) is 0 Å². The van der Waals surface area contributed by atoms with Gasteiger partial charge in [-0.15, -0.1) is 0 Å². The number of aryl methyl sites for hydroxylation is 1. The summed E-state index contributed by atoms with van der Waals surface area (Å²) in [5, 5.41) is 1.38. The van der Waals surface area contributed by atoms with Crippen molar-refractivity contribution in [1.29, 1.82) is 0 Å². The molecule has 4 heteroatoms. The van der Waals surface area contributed by atoms with Crippen molar-refractivity contribution in [2.75, 3.05) is 27.7 Å². The minimum Gasteiger partial charge on any atom is -0.342 e. The van der Waals surface area contributed by atoms with Crippen LogP contribution in [0.25, 0.3) is 10.9 Å². The highest BCUT2D eigenvalue weighted by Crippen LogP contribution is 2.33. The predicted octanol–water partition coefficient (Wildman–Crippen LogP) is 5.02. The van der Waals surface area contributed by atoms with E-state index in [0.717, 1.165) is 31.6 Å². The zero-order valence-electron chi connectivity index (χ0n) is 16.7. The molecule has 2 aromatic carbocycles. The molecular weight excluding hydrogens is 349 g/mol. The number of aromatic nitrogens is 1. The average Bonchev–Trinajstić information content (AvgIpc) is 2.92. The van der Waals surface area contributed by atoms with Gasteiger partial charge >= 0.3 is 0 Å². The lowest BCUT2D eigenvalue weighted by molar-refractivity contribution is 0.263. The van der Waals surface area contributed by atoms with Crippen molar-refractivity contribution >= 4 is 10.9 Å². The van der Waals surface area contributed by atoms with Gasteiger partial charge in [-0.2, -0.15) is 0 Å². The summed E-state index contributed by atoms with van der Waals surface area (Å²) in [6, 6.07) is 13.9. The van der Waals surface area contributed by atoms with Crippen molar-refractivity contribution in [2.45, 2.75) is 39.9 Å². The smallest absolute Gasteiger partial charge is 0.123 e. The highest BCUT2D eigenvalue weighted by atomic mass is 19.1. The minimum absolute atomic E-state index is 0. The largest absolute Gasteiger partial charge is 0.342 e. The first-order valence-corrected chi connectivity index (χ1v) is 9.65. The molecule has 0 radical (unpaired) electrons. The summed E-state index contributed by atoms with van der Waals surface area (Å²) >= 11 is 0. The van der Waals surface area contributed by atoms with Crippen LogP contribution in [0.15, 0.2) is 42.5 Å². The van der Waals surface area contributed by atoms with Gasteiger partial charge in [-0.3, -0.25) is 0 Å². The van der Waals surface area contributed by atoms with E-state index in [1.807, 2.05) is 12.1 Å². The maximum atomic E-state index is 13.4. The van der Waals surface area contributed by atoms with Crippen LogP contribution in [0.5, 0.6) is 0 Å². The molecule has 0 aliphatic carbocycles. The lowest BCUT2D eigenvalue weighted by Crippen LogP contribution is -2.29. The third-order valence-electron chi connectivity index (χ3n) is 5.83. The van der Waals surface area contributed by atoms with Crippen molar-refractivity contribution in [3.63, 3.8) is 0 Å². The summed E-state index contributed by atoms with van der Waals surface area (Å²) in [4.78, 5) is 4.63. The lowest BCUT2D eigenvalue weighted by atomic mass is 10.0. The van der Waals surface area contributed by atoms with Crippen LogP contribution >= 0.6 is 0 Å². The molecule has 3 aromatic rings. The van der Waals surface area contributed by atoms with Crippen molar-refractivity contribution in [3.8, 4) is 0 Å². The van der Waals surface area contributed by atoms with Gasteiger partial charge in [0.2, 0.25) is 0 Å². The van der Waals surface area contributed by atoms with Crippen LogP contribution in [0.3, 0.4) is 0 Å². The summed E-state index contributed by atoms with van der Waals surface area (Å²) in [7, 11) is 6.40. The Morgan fingerprint density at radius 1 is 1.11 bits per heavy atom. The Morgan fingerprint density at radius 2 is 1.82 bits per heavy atom. The summed E-state index contributed by atoms with van der Waals surface area (Å²) in [6.45, 7) is 5.13. The Balaban J connectivity index is 0.00000225. The molecule has 0 N–H and O–H groups in total. The lowest BCUT2D eigenvalue weighted by Gasteiger charge is -2.29. The second kappa shape index (κ2) is 8.06. The molecule has 0 saturated heterocycles. The van der Waals surface area contributed by atoms with E-state index < -0.39 is 0 Å². The van der Waals surface area contributed by atoms with E-state index in [-0.39, 0.29) is 19.3 Å². The molecule has 0 saturated carbocycles. The number of rotatable bonds is 4. The Morgan fingerprint density at radius 3 is 2.50 bits per heavy atom. The first-order chi connectivity index (χ1) is 12.9. The topological polar surface area (TPSA) is 11.4 Å². The molecule has 1 aromatic heterocycles. The minimum atomic E-state index is -0.182. The molecule has 3 nitrogen and oxygen atoms in total. The molecule has 4 rings (SSSR count). The average molecular weight is 382 g/mol. The molecular formula is C24H32FN3. The van der Waals surface area contributed by atoms with Gasteiger partial charge in [0.25, 0.3) is 0 Å². The molecule has 2 heterocycles. The summed E-state index contributed by atoms with van der Waals surface area (Å²) in [5.74, 6) is -0.182. The number of nitrogens with zero attached hydrogens (tertiary/aromatic N) is 3. The SMILES string of the molecule is C.Cc1ccc2c(c1)c1c(n2CC(c2ccc(F)cc2)N(C)C)CCN(C)C1. The number of halogens is 1. The Hall–Kier alpha value is -2.17. The second-order valence-corrected chi connectivity index (χ2v) is 8.08. The first kappa shape index (κ1) is 20.6. The summed E-state index contributed by atoms with van der Waals surface area (Å²) in [6.07, 6.45) is 1.07. The monoisotopic (exact) mass is 381 g/mol. The van der Waals surface area contributed by atoms with Crippen molar-refractivity contribution in [2.24, 2.45) is 0 Å². The van der Waals surface area contributed by atoms with Crippen molar-refractivity contribution in [1.82, 2.24) is 14.4 Å². The van der Waals surface area contributed by atoms with E-state index in [0.29, 0.717) is 0 Å². The summed E-state index contributed by atoms with van der Waals surface area (Å²) < 4.78 is 15.9. The van der Waals surface area contributed by atoms with E-state index in [4.69, 9.17) is 0 Å². The fourth-order valence-electron chi connectivity index (χ4n) is 4.33. The maximum absolute atomic E-state index is 13.4. The molecule has 1 aliphatic heterocycles. The van der Waals surface area contributed by atoms with Crippen LogP contribution in [0.1, 0.15) is 35.9 Å². The van der Waals surface area contributed by atoms with Crippen LogP contribution in [-0.2, 0) is 19.5 Å². The van der Waals surface area contributed by atoms with E-state index in [1.165, 1.54) is 27.7 Å². The van der Waals surface area contributed by atoms with Gasteiger partial charge in [0.05, 0.1) is 6.04 Å². The van der Waals surface area contributed by atoms with Gasteiger partial charge < -0.3 is 14.4 Å². The molecule has 1 aliphatic rings. The maximum Gasteiger partial charge on any atom is 0.123 e. The number of fused-ring (bicyclic) bond motifs is 3. The Bertz CT molecular complexity index is 956. The quantitative estimate of drug-likeness (QED) is 0.629. The molecule has 0 spiro atoms. The molecule has 150 valence electrons. The molecule has 28 heavy (non-hydrogen) atoms. The fraction of sp³-hybridized carbons (Fsp3) is 0.417. The third-order valence-corrected chi connectivity index (χ3v) is 5.83. The summed E-state index contributed by atoms with van der Waals surface area (Å²) in [5.41, 5.74) is 6.70. The second-order valence-electron chi connectivity index (χ2n) is 8.08. The van der Waals surface area contributed by atoms with Crippen LogP contribution in [0, 0.1) is 12.7 Å². The number of likely N-dealkylation sites (N-methyl/N-ethyl adjacent to an activating group) is 2. The van der Waals surface area contributed by atoms with Crippen LogP contribution in [-0.4, -0.2) is 42.1 Å². The molecule has 0 bridgehead atoms. The van der Waals surface area contributed by atoms with E-state index >= 15 is 0 Å².